The Balaban J connectivity index is 1.70. The van der Waals surface area contributed by atoms with Gasteiger partial charge in [-0.3, -0.25) is 4.79 Å². The molecule has 1 saturated heterocycles. The lowest BCUT2D eigenvalue weighted by Crippen LogP contribution is -2.45. The van der Waals surface area contributed by atoms with Gasteiger partial charge >= 0.3 is 6.03 Å². The summed E-state index contributed by atoms with van der Waals surface area (Å²) in [5.74, 6) is 1.35. The Morgan fingerprint density at radius 2 is 1.79 bits per heavy atom. The number of likely N-dealkylation sites (tertiary alicyclic amines) is 1. The van der Waals surface area contributed by atoms with Gasteiger partial charge in [0, 0.05) is 19.1 Å². The molecule has 0 aliphatic carbocycles. The molecule has 154 valence electrons. The van der Waals surface area contributed by atoms with Crippen molar-refractivity contribution >= 4 is 11.9 Å². The van der Waals surface area contributed by atoms with Gasteiger partial charge in [0.05, 0.1) is 12.5 Å². The van der Waals surface area contributed by atoms with Crippen molar-refractivity contribution in [2.24, 2.45) is 5.73 Å². The molecule has 1 fully saturated rings. The van der Waals surface area contributed by atoms with Gasteiger partial charge < -0.3 is 26.0 Å². The molecule has 3 amide bonds. The van der Waals surface area contributed by atoms with Crippen molar-refractivity contribution in [1.82, 2.24) is 15.5 Å². The van der Waals surface area contributed by atoms with Crippen LogP contribution in [0.15, 0.2) is 54.6 Å². The van der Waals surface area contributed by atoms with E-state index < -0.39 is 12.1 Å². The Bertz CT molecular complexity index is 820. The fourth-order valence-electron chi connectivity index (χ4n) is 3.56. The largest absolute Gasteiger partial charge is 0.457 e. The molecule has 3 rings (SSSR count). The number of para-hydroxylation sites is 1. The van der Waals surface area contributed by atoms with Gasteiger partial charge in [-0.05, 0) is 49.7 Å². The number of benzene rings is 2. The third kappa shape index (κ3) is 5.96. The number of nitrogens with two attached hydrogens (primary N) is 1. The lowest BCUT2D eigenvalue weighted by Gasteiger charge is -2.33. The number of carbonyl (C=O) groups excluding carboxylic acids is 2. The molecule has 0 bridgehead atoms. The first-order valence-corrected chi connectivity index (χ1v) is 9.89. The zero-order valence-electron chi connectivity index (χ0n) is 16.6. The minimum Gasteiger partial charge on any atom is -0.457 e. The highest BCUT2D eigenvalue weighted by Crippen LogP contribution is 2.26. The zero-order valence-corrected chi connectivity index (χ0v) is 16.6. The van der Waals surface area contributed by atoms with Crippen molar-refractivity contribution in [1.29, 1.82) is 0 Å². The molecule has 1 atom stereocenters. The lowest BCUT2D eigenvalue weighted by molar-refractivity contribution is -0.132. The quantitative estimate of drug-likeness (QED) is 0.670. The van der Waals surface area contributed by atoms with Gasteiger partial charge in [-0.15, -0.1) is 0 Å². The van der Waals surface area contributed by atoms with E-state index in [0.29, 0.717) is 30.6 Å². The van der Waals surface area contributed by atoms with Crippen molar-refractivity contribution < 1.29 is 14.3 Å². The maximum absolute atomic E-state index is 12.8. The molecule has 29 heavy (non-hydrogen) atoms. The van der Waals surface area contributed by atoms with Crippen LogP contribution in [0.2, 0.25) is 0 Å². The molecule has 1 heterocycles. The number of piperidine rings is 1. The molecule has 7 nitrogen and oxygen atoms in total. The molecule has 0 saturated carbocycles. The number of amides is 3. The van der Waals surface area contributed by atoms with Gasteiger partial charge in [-0.1, -0.05) is 30.3 Å². The van der Waals surface area contributed by atoms with Gasteiger partial charge in [0.1, 0.15) is 11.5 Å². The average molecular weight is 396 g/mol. The number of hydrogen-bond acceptors (Lipinski definition) is 4. The molecule has 1 unspecified atom stereocenters. The van der Waals surface area contributed by atoms with Gasteiger partial charge in [-0.2, -0.15) is 0 Å². The number of nitrogens with zero attached hydrogens (tertiary/aromatic N) is 1. The molecule has 2 aromatic carbocycles. The Morgan fingerprint density at radius 1 is 1.10 bits per heavy atom. The van der Waals surface area contributed by atoms with Crippen LogP contribution >= 0.6 is 0 Å². The fourth-order valence-corrected chi connectivity index (χ4v) is 3.56. The summed E-state index contributed by atoms with van der Waals surface area (Å²) in [6, 6.07) is 16.1. The first-order valence-electron chi connectivity index (χ1n) is 9.89. The highest BCUT2D eigenvalue weighted by atomic mass is 16.5. The number of carbonyl (C=O) groups is 2. The molecule has 0 spiro atoms. The number of hydrogen-bond donors (Lipinski definition) is 3. The summed E-state index contributed by atoms with van der Waals surface area (Å²) in [6.07, 6.45) is 2.01. The normalized spacial score (nSPS) is 15.6. The van der Waals surface area contributed by atoms with Crippen molar-refractivity contribution in [3.05, 3.63) is 60.2 Å². The molecule has 0 aromatic heterocycles. The summed E-state index contributed by atoms with van der Waals surface area (Å²) in [6.45, 7) is 1.43. The lowest BCUT2D eigenvalue weighted by atomic mass is 10.0. The van der Waals surface area contributed by atoms with E-state index in [9.17, 15) is 9.59 Å². The minimum atomic E-state index is -0.661. The van der Waals surface area contributed by atoms with Gasteiger partial charge in [0.2, 0.25) is 5.91 Å². The van der Waals surface area contributed by atoms with Gasteiger partial charge in [-0.25, -0.2) is 4.79 Å². The Morgan fingerprint density at radius 3 is 2.45 bits per heavy atom. The van der Waals surface area contributed by atoms with E-state index in [2.05, 4.69) is 10.6 Å². The van der Waals surface area contributed by atoms with Crippen LogP contribution in [0.3, 0.4) is 0 Å². The fraction of sp³-hybridized carbons (Fsp3) is 0.364. The summed E-state index contributed by atoms with van der Waals surface area (Å²) in [5, 5.41) is 5.96. The Labute approximate surface area is 171 Å². The number of rotatable bonds is 7. The van der Waals surface area contributed by atoms with Crippen molar-refractivity contribution in [3.8, 4) is 11.5 Å². The zero-order chi connectivity index (χ0) is 20.6. The number of urea groups is 1. The molecule has 7 heteroatoms. The highest BCUT2D eigenvalue weighted by molar-refractivity contribution is 5.79. The maximum atomic E-state index is 12.8. The van der Waals surface area contributed by atoms with Crippen LogP contribution in [0.1, 0.15) is 30.9 Å². The first-order chi connectivity index (χ1) is 14.0. The average Bonchev–Trinajstić information content (AvgIpc) is 2.74. The van der Waals surface area contributed by atoms with Crippen LogP contribution in [-0.4, -0.2) is 43.0 Å². The Hall–Kier alpha value is -3.06. The number of primary amides is 1. The summed E-state index contributed by atoms with van der Waals surface area (Å²) in [5.41, 5.74) is 6.14. The minimum absolute atomic E-state index is 0.00711. The van der Waals surface area contributed by atoms with Crippen LogP contribution in [0.5, 0.6) is 11.5 Å². The molecular weight excluding hydrogens is 368 g/mol. The van der Waals surface area contributed by atoms with Crippen molar-refractivity contribution in [3.63, 3.8) is 0 Å². The second-order valence-electron chi connectivity index (χ2n) is 7.20. The highest BCUT2D eigenvalue weighted by Gasteiger charge is 2.25. The van der Waals surface area contributed by atoms with Crippen molar-refractivity contribution in [2.45, 2.75) is 31.3 Å². The monoisotopic (exact) mass is 396 g/mol. The van der Waals surface area contributed by atoms with Crippen LogP contribution in [-0.2, 0) is 4.79 Å². The van der Waals surface area contributed by atoms with E-state index in [0.717, 1.165) is 18.4 Å². The van der Waals surface area contributed by atoms with Crippen molar-refractivity contribution in [2.75, 3.05) is 20.1 Å². The third-order valence-corrected chi connectivity index (χ3v) is 5.19. The SMILES string of the molecule is CNC1CCN(C(=O)CC(NC(N)=O)c2cccc(Oc3ccccc3)c2)CC1. The van der Waals surface area contributed by atoms with E-state index in [1.54, 1.807) is 0 Å². The van der Waals surface area contributed by atoms with E-state index in [1.807, 2.05) is 66.5 Å². The van der Waals surface area contributed by atoms with Crippen LogP contribution in [0.25, 0.3) is 0 Å². The predicted molar refractivity (Wildman–Crippen MR) is 112 cm³/mol. The first kappa shape index (κ1) is 20.7. The topological polar surface area (TPSA) is 96.7 Å². The van der Waals surface area contributed by atoms with Gasteiger partial charge in [0.25, 0.3) is 0 Å². The van der Waals surface area contributed by atoms with Crippen LogP contribution in [0, 0.1) is 0 Å². The standard InChI is InChI=1S/C22H28N4O3/c1-24-17-10-12-26(13-11-17)21(27)15-20(25-22(23)28)16-6-5-9-19(14-16)29-18-7-3-2-4-8-18/h2-9,14,17,20,24H,10-13,15H2,1H3,(H3,23,25,28). The van der Waals surface area contributed by atoms with E-state index in [-0.39, 0.29) is 12.3 Å². The second-order valence-corrected chi connectivity index (χ2v) is 7.20. The van der Waals surface area contributed by atoms with Gasteiger partial charge in [0.15, 0.2) is 0 Å². The molecule has 2 aromatic rings. The van der Waals surface area contributed by atoms with Crippen LogP contribution in [0.4, 0.5) is 4.79 Å². The van der Waals surface area contributed by atoms with E-state index in [4.69, 9.17) is 10.5 Å². The summed E-state index contributed by atoms with van der Waals surface area (Å²) < 4.78 is 5.87. The maximum Gasteiger partial charge on any atom is 0.312 e. The smallest absolute Gasteiger partial charge is 0.312 e. The Kier molecular flexibility index (Phi) is 7.08. The summed E-state index contributed by atoms with van der Waals surface area (Å²) in [7, 11) is 1.94. The third-order valence-electron chi connectivity index (χ3n) is 5.19. The molecule has 4 N–H and O–H groups in total. The predicted octanol–water partition coefficient (Wildman–Crippen LogP) is 2.79. The number of ether oxygens (including phenoxy) is 1. The summed E-state index contributed by atoms with van der Waals surface area (Å²) >= 11 is 0. The summed E-state index contributed by atoms with van der Waals surface area (Å²) in [4.78, 5) is 26.2. The second kappa shape index (κ2) is 9.93. The van der Waals surface area contributed by atoms with Crippen LogP contribution < -0.4 is 21.1 Å². The molecule has 1 aliphatic rings. The molecule has 1 aliphatic heterocycles. The molecular formula is C22H28N4O3. The molecule has 0 radical (unpaired) electrons. The number of nitrogens with one attached hydrogen (secondary N) is 2. The van der Waals surface area contributed by atoms with E-state index in [1.165, 1.54) is 0 Å². The van der Waals surface area contributed by atoms with E-state index >= 15 is 0 Å².